The van der Waals surface area contributed by atoms with Crippen LogP contribution in [-0.4, -0.2) is 37.3 Å². The van der Waals surface area contributed by atoms with E-state index in [0.29, 0.717) is 19.3 Å². The van der Waals surface area contributed by atoms with E-state index in [0.717, 1.165) is 6.92 Å². The number of rotatable bonds is 7. The maximum Gasteiger partial charge on any atom is 0.421 e. The van der Waals surface area contributed by atoms with Gasteiger partial charge in [-0.1, -0.05) is 6.92 Å². The van der Waals surface area contributed by atoms with Crippen molar-refractivity contribution in [2.75, 3.05) is 13.9 Å². The second-order valence-corrected chi connectivity index (χ2v) is 6.91. The molecule has 4 nitrogen and oxygen atoms in total. The van der Waals surface area contributed by atoms with Crippen LogP contribution in [0.3, 0.4) is 0 Å². The van der Waals surface area contributed by atoms with Crippen molar-refractivity contribution in [3.8, 4) is 0 Å². The molecule has 0 aromatic heterocycles. The first-order chi connectivity index (χ1) is 10.5. The van der Waals surface area contributed by atoms with Gasteiger partial charge in [0, 0.05) is 7.11 Å². The number of hydrogen-bond donors (Lipinski definition) is 0. The van der Waals surface area contributed by atoms with Crippen LogP contribution in [0.5, 0.6) is 0 Å². The highest BCUT2D eigenvalue weighted by Gasteiger charge is 2.68. The number of carbonyl (C=O) groups is 1. The number of halogens is 3. The lowest BCUT2D eigenvalue weighted by atomic mass is 9.80. The summed E-state index contributed by atoms with van der Waals surface area (Å²) in [5.74, 6) is -0.626. The summed E-state index contributed by atoms with van der Waals surface area (Å²) in [5, 5.41) is 0. The standard InChI is InChI=1S/C16H27F3O4/c1-6-13(2,3)12(20)23-15(9-7-8-10-15)14(4,16(17,18)19)22-11-21-5/h6-11H2,1-5H3. The van der Waals surface area contributed by atoms with Crippen molar-refractivity contribution in [3.05, 3.63) is 0 Å². The van der Waals surface area contributed by atoms with Crippen molar-refractivity contribution >= 4 is 5.97 Å². The average molecular weight is 340 g/mol. The fourth-order valence-electron chi connectivity index (χ4n) is 2.73. The van der Waals surface area contributed by atoms with E-state index in [1.54, 1.807) is 20.8 Å². The lowest BCUT2D eigenvalue weighted by Gasteiger charge is -2.46. The predicted molar refractivity (Wildman–Crippen MR) is 78.8 cm³/mol. The van der Waals surface area contributed by atoms with Crippen molar-refractivity contribution in [2.24, 2.45) is 5.41 Å². The van der Waals surface area contributed by atoms with E-state index >= 15 is 0 Å². The van der Waals surface area contributed by atoms with E-state index in [1.165, 1.54) is 7.11 Å². The monoisotopic (exact) mass is 340 g/mol. The Bertz CT molecular complexity index is 414. The van der Waals surface area contributed by atoms with Crippen LogP contribution in [0.25, 0.3) is 0 Å². The second-order valence-electron chi connectivity index (χ2n) is 6.91. The largest absolute Gasteiger partial charge is 0.455 e. The molecule has 1 fully saturated rings. The molecule has 1 atom stereocenters. The molecule has 23 heavy (non-hydrogen) atoms. The molecule has 0 saturated heterocycles. The molecule has 0 heterocycles. The molecule has 1 rings (SSSR count). The molecular formula is C16H27F3O4. The fraction of sp³-hybridized carbons (Fsp3) is 0.938. The van der Waals surface area contributed by atoms with E-state index in [2.05, 4.69) is 4.74 Å². The minimum atomic E-state index is -4.69. The second kappa shape index (κ2) is 6.97. The first-order valence-electron chi connectivity index (χ1n) is 7.89. The van der Waals surface area contributed by atoms with Gasteiger partial charge in [0.2, 0.25) is 5.60 Å². The maximum absolute atomic E-state index is 13.8. The van der Waals surface area contributed by atoms with Crippen molar-refractivity contribution in [2.45, 2.75) is 77.2 Å². The molecule has 0 spiro atoms. The molecule has 7 heteroatoms. The van der Waals surface area contributed by atoms with Crippen LogP contribution in [0.4, 0.5) is 13.2 Å². The summed E-state index contributed by atoms with van der Waals surface area (Å²) in [6.45, 7) is 5.56. The Labute approximate surface area is 135 Å². The van der Waals surface area contributed by atoms with E-state index in [1.807, 2.05) is 0 Å². The van der Waals surface area contributed by atoms with Gasteiger partial charge in [-0.3, -0.25) is 4.79 Å². The van der Waals surface area contributed by atoms with Crippen molar-refractivity contribution < 1.29 is 32.2 Å². The molecule has 0 aromatic rings. The Balaban J connectivity index is 3.22. The van der Waals surface area contributed by atoms with E-state index in [4.69, 9.17) is 9.47 Å². The van der Waals surface area contributed by atoms with Gasteiger partial charge in [0.25, 0.3) is 0 Å². The summed E-state index contributed by atoms with van der Waals surface area (Å²) < 4.78 is 56.6. The summed E-state index contributed by atoms with van der Waals surface area (Å²) in [5.41, 5.74) is -5.16. The number of ether oxygens (including phenoxy) is 3. The van der Waals surface area contributed by atoms with Crippen LogP contribution in [0.2, 0.25) is 0 Å². The third-order valence-electron chi connectivity index (χ3n) is 5.01. The van der Waals surface area contributed by atoms with Gasteiger partial charge < -0.3 is 14.2 Å². The average Bonchev–Trinajstić information content (AvgIpc) is 2.93. The fourth-order valence-corrected chi connectivity index (χ4v) is 2.73. The predicted octanol–water partition coefficient (Wildman–Crippen LogP) is 4.22. The molecular weight excluding hydrogens is 313 g/mol. The molecule has 0 aliphatic heterocycles. The molecule has 0 radical (unpaired) electrons. The molecule has 0 amide bonds. The Hall–Kier alpha value is -0.820. The maximum atomic E-state index is 13.8. The zero-order chi connectivity index (χ0) is 17.9. The van der Waals surface area contributed by atoms with Crippen molar-refractivity contribution in [1.82, 2.24) is 0 Å². The van der Waals surface area contributed by atoms with Crippen LogP contribution in [0, 0.1) is 5.41 Å². The number of alkyl halides is 3. The molecule has 1 unspecified atom stereocenters. The van der Waals surface area contributed by atoms with Crippen LogP contribution in [-0.2, 0) is 19.0 Å². The van der Waals surface area contributed by atoms with Gasteiger partial charge in [-0.25, -0.2) is 0 Å². The quantitative estimate of drug-likeness (QED) is 0.514. The smallest absolute Gasteiger partial charge is 0.421 e. The Morgan fingerprint density at radius 3 is 2.04 bits per heavy atom. The SMILES string of the molecule is CCC(C)(C)C(=O)OC1(C(C)(OCOC)C(F)(F)F)CCCC1. The van der Waals surface area contributed by atoms with Gasteiger partial charge in [-0.15, -0.1) is 0 Å². The molecule has 0 aromatic carbocycles. The lowest BCUT2D eigenvalue weighted by molar-refractivity contribution is -0.343. The Morgan fingerprint density at radius 1 is 1.13 bits per heavy atom. The lowest BCUT2D eigenvalue weighted by Crippen LogP contribution is -2.64. The van der Waals surface area contributed by atoms with Crippen molar-refractivity contribution in [1.29, 1.82) is 0 Å². The third kappa shape index (κ3) is 3.82. The van der Waals surface area contributed by atoms with Crippen LogP contribution in [0.15, 0.2) is 0 Å². The number of methoxy groups -OCH3 is 1. The van der Waals surface area contributed by atoms with Gasteiger partial charge in [-0.05, 0) is 52.9 Å². The molecule has 0 N–H and O–H groups in total. The van der Waals surface area contributed by atoms with Gasteiger partial charge in [0.05, 0.1) is 5.41 Å². The highest BCUT2D eigenvalue weighted by Crippen LogP contribution is 2.52. The minimum absolute atomic E-state index is 0.123. The first-order valence-corrected chi connectivity index (χ1v) is 7.89. The Morgan fingerprint density at radius 2 is 1.65 bits per heavy atom. The number of carbonyl (C=O) groups excluding carboxylic acids is 1. The van der Waals surface area contributed by atoms with Gasteiger partial charge in [-0.2, -0.15) is 13.2 Å². The van der Waals surface area contributed by atoms with Crippen molar-refractivity contribution in [3.63, 3.8) is 0 Å². The minimum Gasteiger partial charge on any atom is -0.455 e. The molecule has 1 aliphatic rings. The van der Waals surface area contributed by atoms with Crippen LogP contribution in [0.1, 0.15) is 59.8 Å². The third-order valence-corrected chi connectivity index (χ3v) is 5.01. The van der Waals surface area contributed by atoms with Crippen LogP contribution >= 0.6 is 0 Å². The summed E-state index contributed by atoms with van der Waals surface area (Å²) in [7, 11) is 1.25. The first kappa shape index (κ1) is 20.2. The van der Waals surface area contributed by atoms with Gasteiger partial charge in [0.15, 0.2) is 0 Å². The highest BCUT2D eigenvalue weighted by molar-refractivity contribution is 5.76. The molecule has 136 valence electrons. The zero-order valence-electron chi connectivity index (χ0n) is 14.5. The summed E-state index contributed by atoms with van der Waals surface area (Å²) >= 11 is 0. The van der Waals surface area contributed by atoms with E-state index in [-0.39, 0.29) is 12.8 Å². The van der Waals surface area contributed by atoms with E-state index < -0.39 is 35.6 Å². The molecule has 1 aliphatic carbocycles. The number of hydrogen-bond acceptors (Lipinski definition) is 4. The highest BCUT2D eigenvalue weighted by atomic mass is 19.4. The molecule has 1 saturated carbocycles. The summed E-state index contributed by atoms with van der Waals surface area (Å²) in [6, 6.07) is 0. The Kier molecular flexibility index (Phi) is 6.13. The van der Waals surface area contributed by atoms with Crippen LogP contribution < -0.4 is 0 Å². The van der Waals surface area contributed by atoms with Gasteiger partial charge >= 0.3 is 12.1 Å². The number of esters is 1. The molecule has 0 bridgehead atoms. The summed E-state index contributed by atoms with van der Waals surface area (Å²) in [4.78, 5) is 12.4. The van der Waals surface area contributed by atoms with Gasteiger partial charge in [0.1, 0.15) is 12.4 Å². The topological polar surface area (TPSA) is 44.8 Å². The zero-order valence-corrected chi connectivity index (χ0v) is 14.5. The summed E-state index contributed by atoms with van der Waals surface area (Å²) in [6.07, 6.45) is -2.85. The van der Waals surface area contributed by atoms with E-state index in [9.17, 15) is 18.0 Å². The normalized spacial score (nSPS) is 21.0.